The Morgan fingerprint density at radius 1 is 1.14 bits per heavy atom. The Morgan fingerprint density at radius 2 is 1.86 bits per heavy atom. The summed E-state index contributed by atoms with van der Waals surface area (Å²) in [5.74, 6) is 1.12. The van der Waals surface area contributed by atoms with Crippen LogP contribution in [0.25, 0.3) is 11.3 Å². The second-order valence-electron chi connectivity index (χ2n) is 6.93. The first kappa shape index (κ1) is 21.4. The summed E-state index contributed by atoms with van der Waals surface area (Å²) >= 11 is 12.2. The zero-order valence-electron chi connectivity index (χ0n) is 16.4. The van der Waals surface area contributed by atoms with E-state index in [1.807, 2.05) is 55.4 Å². The molecule has 0 aliphatic rings. The highest BCUT2D eigenvalue weighted by atomic mass is 35.5. The number of carbonyl (C=O) groups is 1. The van der Waals surface area contributed by atoms with E-state index in [4.69, 9.17) is 27.6 Å². The molecule has 1 atom stereocenters. The van der Waals surface area contributed by atoms with Crippen LogP contribution < -0.4 is 5.32 Å². The largest absolute Gasteiger partial charge is 0.441 e. The van der Waals surface area contributed by atoms with Crippen molar-refractivity contribution in [3.8, 4) is 11.3 Å². The number of aryl methyl sites for hydroxylation is 1. The van der Waals surface area contributed by atoms with E-state index < -0.39 is 0 Å². The fourth-order valence-electron chi connectivity index (χ4n) is 3.01. The van der Waals surface area contributed by atoms with Gasteiger partial charge in [-0.05, 0) is 50.0 Å². The summed E-state index contributed by atoms with van der Waals surface area (Å²) in [4.78, 5) is 18.6. The molecule has 1 aromatic heterocycles. The lowest BCUT2D eigenvalue weighted by Gasteiger charge is -2.26. The van der Waals surface area contributed by atoms with Gasteiger partial charge in [-0.25, -0.2) is 4.98 Å². The van der Waals surface area contributed by atoms with Gasteiger partial charge < -0.3 is 14.6 Å². The van der Waals surface area contributed by atoms with Gasteiger partial charge in [0.15, 0.2) is 11.7 Å². The minimum Gasteiger partial charge on any atom is -0.441 e. The number of carbonyl (C=O) groups excluding carboxylic acids is 1. The summed E-state index contributed by atoms with van der Waals surface area (Å²) < 4.78 is 5.75. The van der Waals surface area contributed by atoms with Gasteiger partial charge in [-0.3, -0.25) is 4.79 Å². The number of nitrogens with zero attached hydrogens (tertiary/aromatic N) is 2. The molecule has 29 heavy (non-hydrogen) atoms. The van der Waals surface area contributed by atoms with E-state index in [1.54, 1.807) is 18.3 Å². The van der Waals surface area contributed by atoms with Crippen LogP contribution in [0.2, 0.25) is 10.0 Å². The number of halogens is 2. The van der Waals surface area contributed by atoms with Crippen molar-refractivity contribution in [3.63, 3.8) is 0 Å². The van der Waals surface area contributed by atoms with Crippen molar-refractivity contribution in [2.45, 2.75) is 18.9 Å². The summed E-state index contributed by atoms with van der Waals surface area (Å²) in [6, 6.07) is 15.0. The summed E-state index contributed by atoms with van der Waals surface area (Å²) in [5, 5.41) is 4.34. The Kier molecular flexibility index (Phi) is 7.31. The predicted octanol–water partition coefficient (Wildman–Crippen LogP) is 5.00. The molecule has 0 aliphatic heterocycles. The van der Waals surface area contributed by atoms with Gasteiger partial charge in [0.25, 0.3) is 0 Å². The number of hydrogen-bond acceptors (Lipinski definition) is 4. The van der Waals surface area contributed by atoms with E-state index in [1.165, 1.54) is 0 Å². The number of benzene rings is 2. The second-order valence-corrected chi connectivity index (χ2v) is 7.77. The maximum Gasteiger partial charge on any atom is 0.220 e. The van der Waals surface area contributed by atoms with Crippen molar-refractivity contribution < 1.29 is 9.21 Å². The predicted molar refractivity (Wildman–Crippen MR) is 116 cm³/mol. The van der Waals surface area contributed by atoms with Gasteiger partial charge in [0, 0.05) is 35.0 Å². The molecule has 1 N–H and O–H groups in total. The highest BCUT2D eigenvalue weighted by molar-refractivity contribution is 6.31. The van der Waals surface area contributed by atoms with Crippen molar-refractivity contribution in [3.05, 3.63) is 76.2 Å². The third-order valence-corrected chi connectivity index (χ3v) is 5.22. The van der Waals surface area contributed by atoms with Crippen LogP contribution in [-0.2, 0) is 11.2 Å². The lowest BCUT2D eigenvalue weighted by molar-refractivity contribution is -0.121. The van der Waals surface area contributed by atoms with Gasteiger partial charge in [0.05, 0.1) is 12.2 Å². The zero-order valence-corrected chi connectivity index (χ0v) is 17.9. The maximum absolute atomic E-state index is 12.3. The zero-order chi connectivity index (χ0) is 20.8. The number of oxazole rings is 1. The molecule has 152 valence electrons. The summed E-state index contributed by atoms with van der Waals surface area (Å²) in [7, 11) is 3.93. The third kappa shape index (κ3) is 5.82. The van der Waals surface area contributed by atoms with Gasteiger partial charge in [0.2, 0.25) is 5.91 Å². The topological polar surface area (TPSA) is 58.4 Å². The normalized spacial score (nSPS) is 12.2. The average Bonchev–Trinajstić information content (AvgIpc) is 3.17. The Morgan fingerprint density at radius 3 is 2.55 bits per heavy atom. The van der Waals surface area contributed by atoms with Crippen LogP contribution in [0.1, 0.15) is 23.9 Å². The monoisotopic (exact) mass is 431 g/mol. The first-order valence-electron chi connectivity index (χ1n) is 9.32. The highest BCUT2D eigenvalue weighted by Gasteiger charge is 2.18. The van der Waals surface area contributed by atoms with Crippen LogP contribution in [0.4, 0.5) is 0 Å². The number of hydrogen-bond donors (Lipinski definition) is 1. The molecule has 0 fully saturated rings. The minimum absolute atomic E-state index is 0.00843. The van der Waals surface area contributed by atoms with Crippen LogP contribution in [0.5, 0.6) is 0 Å². The van der Waals surface area contributed by atoms with Gasteiger partial charge in [-0.2, -0.15) is 0 Å². The van der Waals surface area contributed by atoms with Crippen molar-refractivity contribution in [2.75, 3.05) is 20.6 Å². The first-order valence-corrected chi connectivity index (χ1v) is 10.1. The molecule has 3 aromatic rings. The number of rotatable bonds is 8. The van der Waals surface area contributed by atoms with Crippen LogP contribution in [0.3, 0.4) is 0 Å². The van der Waals surface area contributed by atoms with Gasteiger partial charge in [-0.1, -0.05) is 41.4 Å². The molecule has 0 unspecified atom stereocenters. The van der Waals surface area contributed by atoms with E-state index in [0.717, 1.165) is 11.1 Å². The van der Waals surface area contributed by atoms with E-state index >= 15 is 0 Å². The quantitative estimate of drug-likeness (QED) is 0.544. The number of nitrogens with one attached hydrogen (secondary N) is 1. The van der Waals surface area contributed by atoms with Crippen molar-refractivity contribution in [1.29, 1.82) is 0 Å². The van der Waals surface area contributed by atoms with Crippen LogP contribution in [0, 0.1) is 0 Å². The molecular formula is C22H23Cl2N3O2. The second kappa shape index (κ2) is 9.92. The molecule has 0 spiro atoms. The molecule has 0 saturated carbocycles. The van der Waals surface area contributed by atoms with Gasteiger partial charge in [0.1, 0.15) is 0 Å². The lowest BCUT2D eigenvalue weighted by Crippen LogP contribution is -2.34. The first-order chi connectivity index (χ1) is 13.9. The fourth-order valence-corrected chi connectivity index (χ4v) is 3.40. The molecule has 1 heterocycles. The number of aromatic nitrogens is 1. The van der Waals surface area contributed by atoms with Crippen LogP contribution >= 0.6 is 23.2 Å². The fraction of sp³-hybridized carbons (Fsp3) is 0.273. The molecule has 5 nitrogen and oxygen atoms in total. The third-order valence-electron chi connectivity index (χ3n) is 4.63. The molecule has 7 heteroatoms. The molecule has 0 radical (unpaired) electrons. The Labute approximate surface area is 180 Å². The van der Waals surface area contributed by atoms with Gasteiger partial charge in [-0.15, -0.1) is 0 Å². The highest BCUT2D eigenvalue weighted by Crippen LogP contribution is 2.25. The summed E-state index contributed by atoms with van der Waals surface area (Å²) in [6.07, 6.45) is 2.39. The molecule has 0 saturated heterocycles. The lowest BCUT2D eigenvalue weighted by atomic mass is 10.1. The number of likely N-dealkylation sites (N-methyl/N-ethyl adjacent to an activating group) is 1. The smallest absolute Gasteiger partial charge is 0.220 e. The molecular weight excluding hydrogens is 409 g/mol. The van der Waals surface area contributed by atoms with Crippen molar-refractivity contribution in [1.82, 2.24) is 15.2 Å². The van der Waals surface area contributed by atoms with Gasteiger partial charge >= 0.3 is 0 Å². The molecule has 0 aliphatic carbocycles. The van der Waals surface area contributed by atoms with E-state index in [0.29, 0.717) is 41.1 Å². The number of amides is 1. The van der Waals surface area contributed by atoms with Crippen molar-refractivity contribution >= 4 is 29.1 Å². The van der Waals surface area contributed by atoms with E-state index in [9.17, 15) is 4.79 Å². The van der Waals surface area contributed by atoms with E-state index in [2.05, 4.69) is 10.3 Å². The maximum atomic E-state index is 12.3. The van der Waals surface area contributed by atoms with Crippen molar-refractivity contribution in [2.24, 2.45) is 0 Å². The SMILES string of the molecule is CN(C)[C@@H](CNC(=O)CCc1ncc(-c2ccc(Cl)cc2)o1)c1ccccc1Cl. The Hall–Kier alpha value is -2.34. The molecule has 1 amide bonds. The molecule has 0 bridgehead atoms. The minimum atomic E-state index is -0.0600. The molecule has 3 rings (SSSR count). The van der Waals surface area contributed by atoms with Crippen LogP contribution in [-0.4, -0.2) is 36.4 Å². The Bertz CT molecular complexity index is 955. The van der Waals surface area contributed by atoms with Crippen LogP contribution in [0.15, 0.2) is 59.1 Å². The standard InChI is InChI=1S/C22H23Cl2N3O2/c1-27(2)19(17-5-3-4-6-18(17)24)13-25-21(28)11-12-22-26-14-20(29-22)15-7-9-16(23)10-8-15/h3-10,14,19H,11-13H2,1-2H3,(H,25,28)/t19-/m0/s1. The Balaban J connectivity index is 1.53. The summed E-state index contributed by atoms with van der Waals surface area (Å²) in [5.41, 5.74) is 1.88. The molecule has 2 aromatic carbocycles. The van der Waals surface area contributed by atoms with E-state index in [-0.39, 0.29) is 11.9 Å². The summed E-state index contributed by atoms with van der Waals surface area (Å²) in [6.45, 7) is 0.469. The average molecular weight is 432 g/mol.